The number of fused-ring (bicyclic) bond motifs is 2. The van der Waals surface area contributed by atoms with Crippen LogP contribution < -0.4 is 20.9 Å². The van der Waals surface area contributed by atoms with Gasteiger partial charge in [0.25, 0.3) is 0 Å². The fourth-order valence-corrected chi connectivity index (χ4v) is 20.6. The molecular formula is C79H104N14O8S2. The first kappa shape index (κ1) is 73.5. The maximum atomic E-state index is 14.2. The average Bonchev–Trinajstić information content (AvgIpc) is 1.20. The molecule has 4 saturated carbocycles. The van der Waals surface area contributed by atoms with E-state index in [1.165, 1.54) is 11.3 Å². The minimum Gasteiger partial charge on any atom is -0.476 e. The number of para-hydroxylation sites is 1. The number of hydrogen-bond acceptors (Lipinski definition) is 18. The molecule has 3 unspecified atom stereocenters. The number of carboxylic acid groups (broad SMARTS) is 1. The van der Waals surface area contributed by atoms with Crippen molar-refractivity contribution >= 4 is 85.1 Å². The first-order valence-corrected chi connectivity index (χ1v) is 39.2. The van der Waals surface area contributed by atoms with Crippen LogP contribution in [0, 0.1) is 42.4 Å². The number of carbonyl (C=O) groups is 5. The van der Waals surface area contributed by atoms with E-state index in [0.717, 1.165) is 189 Å². The molecule has 6 fully saturated rings. The number of aromatic nitrogens is 7. The fourth-order valence-electron chi connectivity index (χ4n) is 18.9. The van der Waals surface area contributed by atoms with Gasteiger partial charge in [-0.3, -0.25) is 28.8 Å². The number of rotatable bonds is 28. The van der Waals surface area contributed by atoms with E-state index in [4.69, 9.17) is 24.9 Å². The summed E-state index contributed by atoms with van der Waals surface area (Å²) < 4.78 is 10.4. The highest BCUT2D eigenvalue weighted by atomic mass is 32.1. The van der Waals surface area contributed by atoms with Crippen LogP contribution in [0.15, 0.2) is 72.4 Å². The molecule has 8 atom stereocenters. The summed E-state index contributed by atoms with van der Waals surface area (Å²) in [5.41, 5.74) is 9.33. The molecule has 22 nitrogen and oxygen atoms in total. The zero-order valence-electron chi connectivity index (χ0n) is 61.6. The van der Waals surface area contributed by atoms with Crippen LogP contribution in [0.1, 0.15) is 202 Å². The molecule has 2 saturated heterocycles. The van der Waals surface area contributed by atoms with Gasteiger partial charge in [0.1, 0.15) is 17.9 Å². The number of thiazole rings is 2. The van der Waals surface area contributed by atoms with Gasteiger partial charge in [-0.05, 0) is 149 Å². The number of aryl methyl sites for hydroxylation is 1. The number of amides is 4. The van der Waals surface area contributed by atoms with Crippen molar-refractivity contribution in [2.75, 3.05) is 62.6 Å². The van der Waals surface area contributed by atoms with E-state index in [0.29, 0.717) is 55.4 Å². The number of benzene rings is 2. The van der Waals surface area contributed by atoms with E-state index >= 15 is 0 Å². The highest BCUT2D eigenvalue weighted by molar-refractivity contribution is 7.22. The number of pyridine rings is 1. The zero-order valence-corrected chi connectivity index (χ0v) is 63.2. The van der Waals surface area contributed by atoms with E-state index in [9.17, 15) is 34.2 Å². The monoisotopic (exact) mass is 1440 g/mol. The Morgan fingerprint density at radius 1 is 0.786 bits per heavy atom. The number of β-amino-alcohol motifs (C(OH)–C–C–N with tert-alkyl or cyclic N) is 1. The molecule has 103 heavy (non-hydrogen) atoms. The van der Waals surface area contributed by atoms with Crippen LogP contribution in [0.5, 0.6) is 0 Å². The van der Waals surface area contributed by atoms with Crippen LogP contribution in [0.4, 0.5) is 22.6 Å². The molecule has 24 heteroatoms. The van der Waals surface area contributed by atoms with Gasteiger partial charge in [0.05, 0.1) is 56.8 Å². The minimum absolute atomic E-state index is 0.0220. The Bertz CT molecular complexity index is 4200. The molecule has 7 aromatic rings. The van der Waals surface area contributed by atoms with Gasteiger partial charge in [-0.1, -0.05) is 121 Å². The normalized spacial score (nSPS) is 23.8. The van der Waals surface area contributed by atoms with Crippen LogP contribution in [0.25, 0.3) is 31.8 Å². The van der Waals surface area contributed by atoms with Crippen molar-refractivity contribution in [1.82, 2.24) is 60.3 Å². The lowest BCUT2D eigenvalue weighted by atomic mass is 9.39. The molecule has 14 rings (SSSR count). The van der Waals surface area contributed by atoms with Gasteiger partial charge in [0.2, 0.25) is 23.6 Å². The Morgan fingerprint density at radius 2 is 1.50 bits per heavy atom. The number of nitrogens with one attached hydrogen (secondary N) is 3. The maximum absolute atomic E-state index is 14.2. The smallest absolute Gasteiger partial charge is 0.355 e. The Balaban J connectivity index is 0.517. The molecule has 3 aliphatic heterocycles. The zero-order chi connectivity index (χ0) is 72.6. The predicted molar refractivity (Wildman–Crippen MR) is 403 cm³/mol. The second kappa shape index (κ2) is 30.4. The van der Waals surface area contributed by atoms with E-state index in [1.54, 1.807) is 22.7 Å². The van der Waals surface area contributed by atoms with Crippen molar-refractivity contribution in [2.45, 2.75) is 221 Å². The molecule has 8 heterocycles. The van der Waals surface area contributed by atoms with Crippen molar-refractivity contribution < 1.29 is 38.9 Å². The van der Waals surface area contributed by atoms with Gasteiger partial charge in [-0.25, -0.2) is 19.7 Å². The first-order chi connectivity index (χ1) is 49.3. The Hall–Kier alpha value is -7.77. The number of piperazine rings is 1. The second-order valence-electron chi connectivity index (χ2n) is 32.7. The molecule has 7 aliphatic rings. The number of hydrogen-bond donors (Lipinski definition) is 5. The van der Waals surface area contributed by atoms with Gasteiger partial charge in [0, 0.05) is 99.6 Å². The third kappa shape index (κ3) is 16.4. The number of carboxylic acids is 1. The summed E-state index contributed by atoms with van der Waals surface area (Å²) in [4.78, 5) is 91.0. The lowest BCUT2D eigenvalue weighted by Crippen LogP contribution is -2.64. The summed E-state index contributed by atoms with van der Waals surface area (Å²) in [5.74, 6) is 0.101. The second-order valence-corrected chi connectivity index (χ2v) is 34.5. The number of nitrogens with zero attached hydrogens (tertiary/aromatic N) is 11. The van der Waals surface area contributed by atoms with Crippen molar-refractivity contribution in [3.05, 3.63) is 106 Å². The molecular weight excluding hydrogens is 1340 g/mol. The van der Waals surface area contributed by atoms with Crippen LogP contribution in [0.2, 0.25) is 0 Å². The number of carbonyl (C=O) groups excluding carboxylic acids is 4. The predicted octanol–water partition coefficient (Wildman–Crippen LogP) is 13.5. The number of aliphatic hydroxyl groups excluding tert-OH is 1. The average molecular weight is 1440 g/mol. The van der Waals surface area contributed by atoms with Crippen molar-refractivity contribution in [3.63, 3.8) is 0 Å². The third-order valence-electron chi connectivity index (χ3n) is 22.9. The molecule has 0 spiro atoms. The molecule has 4 amide bonds. The SMILES string of the molecule is Cc1ncsc1-c1ccc([C@H](C)NC(=O)[C@@H]2C[C@@H](O)CN2C(=O)C(NC(=O)CCCCCCCCCCC(=O)N2CCN(CCOC34CC5(Cn6ncc(-c7ccc(N8CCCc9c8nnc(Nc8nc%10ccccc%10s8)c9C)nc7C(=O)O)c6C)C[C@@](C)(C3)C[C@](C)(C5)C4)CC2)C(C)(C)C)cc1. The number of likely N-dealkylation sites (tertiary alicyclic amines) is 1. The molecule has 0 radical (unpaired) electrons. The Kier molecular flexibility index (Phi) is 21.7. The highest BCUT2D eigenvalue weighted by Gasteiger charge is 2.66. The summed E-state index contributed by atoms with van der Waals surface area (Å²) in [6, 6.07) is 17.8. The number of aliphatic hydroxyl groups is 1. The number of unbranched alkanes of at least 4 members (excludes halogenated alkanes) is 7. The van der Waals surface area contributed by atoms with E-state index in [1.807, 2.05) is 118 Å². The van der Waals surface area contributed by atoms with E-state index in [2.05, 4.69) is 62.5 Å². The summed E-state index contributed by atoms with van der Waals surface area (Å²) in [6.45, 7) is 24.6. The summed E-state index contributed by atoms with van der Waals surface area (Å²) in [5, 5.41) is 46.1. The lowest BCUT2D eigenvalue weighted by Gasteiger charge is -2.69. The van der Waals surface area contributed by atoms with Gasteiger partial charge < -0.3 is 45.6 Å². The third-order valence-corrected chi connectivity index (χ3v) is 24.9. The highest BCUT2D eigenvalue weighted by Crippen LogP contribution is 2.72. The molecule has 2 aromatic carbocycles. The first-order valence-electron chi connectivity index (χ1n) is 37.5. The molecule has 550 valence electrons. The number of anilines is 4. The lowest BCUT2D eigenvalue weighted by molar-refractivity contribution is -0.249. The van der Waals surface area contributed by atoms with E-state index < -0.39 is 29.6 Å². The van der Waals surface area contributed by atoms with E-state index in [-0.39, 0.29) is 70.2 Å². The van der Waals surface area contributed by atoms with Crippen LogP contribution in [-0.4, -0.2) is 166 Å². The van der Waals surface area contributed by atoms with Crippen molar-refractivity contribution in [2.24, 2.45) is 21.7 Å². The summed E-state index contributed by atoms with van der Waals surface area (Å²) in [7, 11) is 0. The largest absolute Gasteiger partial charge is 0.476 e. The quantitative estimate of drug-likeness (QED) is 0.0285. The minimum atomic E-state index is -1.10. The van der Waals surface area contributed by atoms with Crippen molar-refractivity contribution in [3.8, 4) is 21.6 Å². The summed E-state index contributed by atoms with van der Waals surface area (Å²) in [6.07, 6.45) is 17.8. The number of aromatic carboxylic acids is 1. The maximum Gasteiger partial charge on any atom is 0.355 e. The van der Waals surface area contributed by atoms with Crippen LogP contribution in [-0.2, 0) is 36.9 Å². The Morgan fingerprint density at radius 3 is 2.18 bits per heavy atom. The van der Waals surface area contributed by atoms with Gasteiger partial charge in [0.15, 0.2) is 22.5 Å². The standard InChI is InChI=1S/C79H104N14O8S2/c1-50-57-21-20-32-91(70(57)88-87-69(50)86-74-83-60-22-18-19-23-62(60)103-74)63-31-30-58(66(84-63)73(99)100)59-40-81-93(53(59)4)48-78-43-76(8)42-77(9,44-78)46-79(45-76,47-78)101-38-37-89-33-35-90(36-34-89)65(96)25-17-15-13-11-10-12-14-16-24-64(95)85-68(75(5,6)7)72(98)92-41-56(94)39-61(92)71(97)82-51(2)54-26-28-55(29-27-54)67-52(3)80-49-102-67/h18-19,22-23,26-31,40,49,51,56,61,68,94H,10-17,20-21,24-25,32-39,41-48H2,1-9H3,(H,82,97)(H,85,95)(H,99,100)(H,83,86,87)/t51-,56+,61-,68?,76-,77+,78?,79?/m0/s1. The van der Waals surface area contributed by atoms with Gasteiger partial charge in [-0.2, -0.15) is 5.10 Å². The van der Waals surface area contributed by atoms with Crippen molar-refractivity contribution in [1.29, 1.82) is 0 Å². The molecule has 4 aliphatic carbocycles. The van der Waals surface area contributed by atoms with Crippen LogP contribution in [0.3, 0.4) is 0 Å². The Labute approximate surface area is 613 Å². The molecule has 4 bridgehead atoms. The molecule has 5 N–H and O–H groups in total. The molecule has 5 aromatic heterocycles. The van der Waals surface area contributed by atoms with Crippen LogP contribution >= 0.6 is 22.7 Å². The summed E-state index contributed by atoms with van der Waals surface area (Å²) >= 11 is 3.15. The van der Waals surface area contributed by atoms with Gasteiger partial charge in [-0.15, -0.1) is 21.5 Å². The topological polar surface area (TPSA) is 266 Å². The number of ether oxygens (including phenoxy) is 1. The van der Waals surface area contributed by atoms with Gasteiger partial charge >= 0.3 is 5.97 Å². The fraction of sp³-hybridized carbons (Fsp3) is 0.582.